The lowest BCUT2D eigenvalue weighted by atomic mass is 9.63. The fourth-order valence-electron chi connectivity index (χ4n) is 2.13. The summed E-state index contributed by atoms with van der Waals surface area (Å²) in [7, 11) is 0. The lowest BCUT2D eigenvalue weighted by molar-refractivity contribution is -0.166. The van der Waals surface area contributed by atoms with Crippen LogP contribution in [0.25, 0.3) is 0 Å². The maximum Gasteiger partial charge on any atom is 0.312 e. The molecule has 4 heteroatoms. The minimum Gasteiger partial charge on any atom is -0.481 e. The third-order valence-corrected chi connectivity index (χ3v) is 3.63. The average Bonchev–Trinajstić information content (AvgIpc) is 2.16. The SMILES string of the molecule is O=C(O)C1(C(O)c2ccc(Cl)cc2)CCC1. The van der Waals surface area contributed by atoms with E-state index in [-0.39, 0.29) is 0 Å². The number of aliphatic hydroxyl groups is 1. The zero-order valence-corrected chi connectivity index (χ0v) is 9.44. The van der Waals surface area contributed by atoms with E-state index in [4.69, 9.17) is 11.6 Å². The maximum absolute atomic E-state index is 11.2. The van der Waals surface area contributed by atoms with Crippen molar-refractivity contribution >= 4 is 17.6 Å². The molecule has 1 aliphatic rings. The molecular formula is C12H13ClO3. The van der Waals surface area contributed by atoms with Gasteiger partial charge in [0.25, 0.3) is 0 Å². The van der Waals surface area contributed by atoms with Gasteiger partial charge in [-0.1, -0.05) is 30.2 Å². The molecule has 16 heavy (non-hydrogen) atoms. The molecule has 0 bridgehead atoms. The second-order valence-corrected chi connectivity index (χ2v) is 4.71. The molecule has 1 unspecified atom stereocenters. The average molecular weight is 241 g/mol. The number of carbonyl (C=O) groups is 1. The summed E-state index contributed by atoms with van der Waals surface area (Å²) in [5.41, 5.74) is -0.375. The van der Waals surface area contributed by atoms with Crippen LogP contribution in [-0.4, -0.2) is 16.2 Å². The predicted octanol–water partition coefficient (Wildman–Crippen LogP) is 2.63. The normalized spacial score (nSPS) is 19.9. The molecule has 1 fully saturated rings. The predicted molar refractivity (Wildman–Crippen MR) is 60.3 cm³/mol. The number of carboxylic acid groups (broad SMARTS) is 1. The number of aliphatic carboxylic acids is 1. The van der Waals surface area contributed by atoms with Crippen molar-refractivity contribution in [1.82, 2.24) is 0 Å². The van der Waals surface area contributed by atoms with E-state index >= 15 is 0 Å². The molecule has 2 N–H and O–H groups in total. The van der Waals surface area contributed by atoms with Gasteiger partial charge in [-0.05, 0) is 30.5 Å². The van der Waals surface area contributed by atoms with Crippen molar-refractivity contribution in [2.75, 3.05) is 0 Å². The number of halogens is 1. The Morgan fingerprint density at radius 2 is 1.88 bits per heavy atom. The largest absolute Gasteiger partial charge is 0.481 e. The first-order chi connectivity index (χ1) is 7.56. The third kappa shape index (κ3) is 1.70. The first kappa shape index (κ1) is 11.4. The Kier molecular flexibility index (Phi) is 2.91. The Hall–Kier alpha value is -1.06. The Morgan fingerprint density at radius 1 is 1.31 bits per heavy atom. The molecule has 0 aromatic heterocycles. The van der Waals surface area contributed by atoms with Crippen LogP contribution in [0.4, 0.5) is 0 Å². The van der Waals surface area contributed by atoms with E-state index in [1.54, 1.807) is 24.3 Å². The van der Waals surface area contributed by atoms with Gasteiger partial charge in [-0.15, -0.1) is 0 Å². The molecule has 1 saturated carbocycles. The van der Waals surface area contributed by atoms with E-state index < -0.39 is 17.5 Å². The van der Waals surface area contributed by atoms with Crippen molar-refractivity contribution in [3.63, 3.8) is 0 Å². The van der Waals surface area contributed by atoms with E-state index in [9.17, 15) is 15.0 Å². The lowest BCUT2D eigenvalue weighted by Crippen LogP contribution is -2.43. The zero-order valence-electron chi connectivity index (χ0n) is 8.69. The molecule has 1 aromatic rings. The maximum atomic E-state index is 11.2. The lowest BCUT2D eigenvalue weighted by Gasteiger charge is -2.41. The number of aliphatic hydroxyl groups excluding tert-OH is 1. The van der Waals surface area contributed by atoms with Gasteiger partial charge in [0.2, 0.25) is 0 Å². The molecule has 1 aromatic carbocycles. The van der Waals surface area contributed by atoms with E-state index in [2.05, 4.69) is 0 Å². The van der Waals surface area contributed by atoms with Crippen LogP contribution in [0.2, 0.25) is 5.02 Å². The van der Waals surface area contributed by atoms with Crippen molar-refractivity contribution in [2.24, 2.45) is 5.41 Å². The molecule has 86 valence electrons. The second kappa shape index (κ2) is 4.07. The van der Waals surface area contributed by atoms with Crippen LogP contribution in [0.1, 0.15) is 30.9 Å². The van der Waals surface area contributed by atoms with Gasteiger partial charge in [-0.2, -0.15) is 0 Å². The fraction of sp³-hybridized carbons (Fsp3) is 0.417. The number of benzene rings is 1. The quantitative estimate of drug-likeness (QED) is 0.854. The second-order valence-electron chi connectivity index (χ2n) is 4.27. The molecule has 1 atom stereocenters. The van der Waals surface area contributed by atoms with Crippen LogP contribution in [0.5, 0.6) is 0 Å². The van der Waals surface area contributed by atoms with Gasteiger partial charge in [0.05, 0.1) is 11.5 Å². The number of rotatable bonds is 3. The summed E-state index contributed by atoms with van der Waals surface area (Å²) in [6.45, 7) is 0. The van der Waals surface area contributed by atoms with Crippen LogP contribution in [0.15, 0.2) is 24.3 Å². The molecule has 0 radical (unpaired) electrons. The molecular weight excluding hydrogens is 228 g/mol. The molecule has 2 rings (SSSR count). The molecule has 0 amide bonds. The summed E-state index contributed by atoms with van der Waals surface area (Å²) >= 11 is 5.74. The Balaban J connectivity index is 2.27. The van der Waals surface area contributed by atoms with Gasteiger partial charge >= 0.3 is 5.97 Å². The molecule has 0 saturated heterocycles. The van der Waals surface area contributed by atoms with Gasteiger partial charge in [-0.25, -0.2) is 0 Å². The summed E-state index contributed by atoms with van der Waals surface area (Å²) in [4.78, 5) is 11.2. The summed E-state index contributed by atoms with van der Waals surface area (Å²) in [6, 6.07) is 6.68. The Labute approximate surface area is 98.7 Å². The Bertz CT molecular complexity index is 395. The number of hydrogen-bond donors (Lipinski definition) is 2. The van der Waals surface area contributed by atoms with Crippen LogP contribution < -0.4 is 0 Å². The highest BCUT2D eigenvalue weighted by Crippen LogP contribution is 2.50. The monoisotopic (exact) mass is 240 g/mol. The fourth-order valence-corrected chi connectivity index (χ4v) is 2.25. The van der Waals surface area contributed by atoms with E-state index in [0.717, 1.165) is 6.42 Å². The molecule has 0 aliphatic heterocycles. The van der Waals surface area contributed by atoms with Crippen molar-refractivity contribution in [3.8, 4) is 0 Å². The van der Waals surface area contributed by atoms with Gasteiger partial charge in [0, 0.05) is 5.02 Å². The van der Waals surface area contributed by atoms with E-state index in [0.29, 0.717) is 23.4 Å². The minimum atomic E-state index is -0.992. The number of carboxylic acids is 1. The molecule has 3 nitrogen and oxygen atoms in total. The highest BCUT2D eigenvalue weighted by atomic mass is 35.5. The molecule has 0 heterocycles. The van der Waals surface area contributed by atoms with Crippen LogP contribution in [0, 0.1) is 5.41 Å². The topological polar surface area (TPSA) is 57.5 Å². The van der Waals surface area contributed by atoms with Crippen molar-refractivity contribution in [2.45, 2.75) is 25.4 Å². The van der Waals surface area contributed by atoms with Crippen molar-refractivity contribution in [1.29, 1.82) is 0 Å². The van der Waals surface area contributed by atoms with E-state index in [1.165, 1.54) is 0 Å². The van der Waals surface area contributed by atoms with Gasteiger partial charge in [-0.3, -0.25) is 4.79 Å². The van der Waals surface area contributed by atoms with Crippen molar-refractivity contribution < 1.29 is 15.0 Å². The summed E-state index contributed by atoms with van der Waals surface area (Å²) in [6.07, 6.45) is 0.978. The first-order valence-electron chi connectivity index (χ1n) is 5.23. The van der Waals surface area contributed by atoms with Gasteiger partial charge < -0.3 is 10.2 Å². The van der Waals surface area contributed by atoms with Crippen LogP contribution >= 0.6 is 11.6 Å². The minimum absolute atomic E-state index is 0.534. The first-order valence-corrected chi connectivity index (χ1v) is 5.61. The van der Waals surface area contributed by atoms with Crippen molar-refractivity contribution in [3.05, 3.63) is 34.9 Å². The summed E-state index contributed by atoms with van der Waals surface area (Å²) in [5, 5.41) is 19.9. The van der Waals surface area contributed by atoms with Crippen LogP contribution in [0.3, 0.4) is 0 Å². The Morgan fingerprint density at radius 3 is 2.25 bits per heavy atom. The van der Waals surface area contributed by atoms with Gasteiger partial charge in [0.1, 0.15) is 0 Å². The zero-order chi connectivity index (χ0) is 11.8. The van der Waals surface area contributed by atoms with E-state index in [1.807, 2.05) is 0 Å². The number of hydrogen-bond acceptors (Lipinski definition) is 2. The standard InChI is InChI=1S/C12H13ClO3/c13-9-4-2-8(3-5-9)10(14)12(11(15)16)6-1-7-12/h2-5,10,14H,1,6-7H2,(H,15,16). The summed E-state index contributed by atoms with van der Waals surface area (Å²) < 4.78 is 0. The molecule has 0 spiro atoms. The third-order valence-electron chi connectivity index (χ3n) is 3.38. The van der Waals surface area contributed by atoms with Gasteiger partial charge in [0.15, 0.2) is 0 Å². The van der Waals surface area contributed by atoms with Crippen LogP contribution in [-0.2, 0) is 4.79 Å². The summed E-state index contributed by atoms with van der Waals surface area (Å²) in [5.74, 6) is -0.916. The highest BCUT2D eigenvalue weighted by molar-refractivity contribution is 6.30. The molecule has 1 aliphatic carbocycles. The highest BCUT2D eigenvalue weighted by Gasteiger charge is 2.50. The smallest absolute Gasteiger partial charge is 0.312 e.